The van der Waals surface area contributed by atoms with Gasteiger partial charge in [-0.2, -0.15) is 10.4 Å². The Morgan fingerprint density at radius 1 is 1.19 bits per heavy atom. The number of esters is 1. The lowest BCUT2D eigenvalue weighted by Gasteiger charge is -2.34. The minimum Gasteiger partial charge on any atom is -0.455 e. The third-order valence-corrected chi connectivity index (χ3v) is 5.25. The Morgan fingerprint density at radius 2 is 1.84 bits per heavy atom. The standard InChI is InChI=1S/C23H27N5O4/c1-23(2,3)22(31)27-11-9-16(10-12-27)21(30)32-15-19(29)26-20-17(13-24)14-25-28(20)18-7-5-4-6-8-18/h4-8,14,16H,9-12,15H2,1-3H3,(H,26,29). The normalized spacial score (nSPS) is 14.5. The number of hydrogen-bond donors (Lipinski definition) is 1. The van der Waals surface area contributed by atoms with Crippen molar-refractivity contribution in [2.24, 2.45) is 11.3 Å². The number of rotatable bonds is 5. The second kappa shape index (κ2) is 9.64. The quantitative estimate of drug-likeness (QED) is 0.718. The van der Waals surface area contributed by atoms with Crippen molar-refractivity contribution in [2.75, 3.05) is 25.0 Å². The number of carbonyl (C=O) groups is 3. The average molecular weight is 438 g/mol. The summed E-state index contributed by atoms with van der Waals surface area (Å²) in [7, 11) is 0. The smallest absolute Gasteiger partial charge is 0.309 e. The number of amides is 2. The first-order valence-corrected chi connectivity index (χ1v) is 10.5. The van der Waals surface area contributed by atoms with Crippen LogP contribution >= 0.6 is 0 Å². The molecule has 2 aromatic rings. The molecule has 0 saturated carbocycles. The van der Waals surface area contributed by atoms with Crippen molar-refractivity contribution >= 4 is 23.6 Å². The molecule has 168 valence electrons. The van der Waals surface area contributed by atoms with Gasteiger partial charge in [-0.05, 0) is 25.0 Å². The highest BCUT2D eigenvalue weighted by Gasteiger charge is 2.33. The lowest BCUT2D eigenvalue weighted by molar-refractivity contribution is -0.155. The van der Waals surface area contributed by atoms with Crippen molar-refractivity contribution in [3.05, 3.63) is 42.1 Å². The predicted octanol–water partition coefficient (Wildman–Crippen LogP) is 2.51. The van der Waals surface area contributed by atoms with Gasteiger partial charge in [-0.3, -0.25) is 14.4 Å². The summed E-state index contributed by atoms with van der Waals surface area (Å²) in [4.78, 5) is 39.0. The van der Waals surface area contributed by atoms with Crippen LogP contribution in [0.4, 0.5) is 5.82 Å². The number of carbonyl (C=O) groups excluding carboxylic acids is 3. The molecular weight excluding hydrogens is 410 g/mol. The molecule has 1 saturated heterocycles. The van der Waals surface area contributed by atoms with Crippen LogP contribution in [-0.2, 0) is 19.1 Å². The maximum atomic E-state index is 12.4. The van der Waals surface area contributed by atoms with E-state index >= 15 is 0 Å². The van der Waals surface area contributed by atoms with Gasteiger partial charge in [0.25, 0.3) is 5.91 Å². The van der Waals surface area contributed by atoms with Crippen LogP contribution in [0.15, 0.2) is 36.5 Å². The summed E-state index contributed by atoms with van der Waals surface area (Å²) in [6.07, 6.45) is 2.37. The number of para-hydroxylation sites is 1. The second-order valence-electron chi connectivity index (χ2n) is 8.74. The van der Waals surface area contributed by atoms with Gasteiger partial charge in [0.2, 0.25) is 5.91 Å². The van der Waals surface area contributed by atoms with Crippen LogP contribution < -0.4 is 5.32 Å². The molecule has 2 heterocycles. The van der Waals surface area contributed by atoms with Crippen LogP contribution in [0.2, 0.25) is 0 Å². The first-order valence-electron chi connectivity index (χ1n) is 10.5. The van der Waals surface area contributed by atoms with Crippen molar-refractivity contribution in [3.8, 4) is 11.8 Å². The van der Waals surface area contributed by atoms with E-state index in [9.17, 15) is 19.6 Å². The molecule has 3 rings (SSSR count). The molecule has 2 amide bonds. The van der Waals surface area contributed by atoms with Gasteiger partial charge in [0.15, 0.2) is 12.4 Å². The molecule has 0 atom stereocenters. The van der Waals surface area contributed by atoms with Crippen LogP contribution in [0.5, 0.6) is 0 Å². The number of aromatic nitrogens is 2. The van der Waals surface area contributed by atoms with Gasteiger partial charge >= 0.3 is 5.97 Å². The molecule has 0 spiro atoms. The summed E-state index contributed by atoms with van der Waals surface area (Å²) < 4.78 is 6.65. The topological polar surface area (TPSA) is 117 Å². The Labute approximate surface area is 186 Å². The molecule has 0 radical (unpaired) electrons. The lowest BCUT2D eigenvalue weighted by atomic mass is 9.91. The summed E-state index contributed by atoms with van der Waals surface area (Å²) >= 11 is 0. The molecule has 1 aliphatic rings. The molecule has 0 aliphatic carbocycles. The second-order valence-corrected chi connectivity index (χ2v) is 8.74. The fourth-order valence-electron chi connectivity index (χ4n) is 3.53. The molecular formula is C23H27N5O4. The molecule has 1 N–H and O–H groups in total. The molecule has 1 aromatic carbocycles. The highest BCUT2D eigenvalue weighted by atomic mass is 16.5. The monoisotopic (exact) mass is 437 g/mol. The lowest BCUT2D eigenvalue weighted by Crippen LogP contribution is -2.45. The zero-order chi connectivity index (χ0) is 23.3. The van der Waals surface area contributed by atoms with Gasteiger partial charge in [0.1, 0.15) is 11.6 Å². The van der Waals surface area contributed by atoms with Gasteiger partial charge in [0.05, 0.1) is 17.8 Å². The van der Waals surface area contributed by atoms with Gasteiger partial charge in [-0.25, -0.2) is 4.68 Å². The zero-order valence-electron chi connectivity index (χ0n) is 18.5. The van der Waals surface area contributed by atoms with E-state index in [0.717, 1.165) is 0 Å². The predicted molar refractivity (Wildman–Crippen MR) is 117 cm³/mol. The molecule has 1 aromatic heterocycles. The minimum atomic E-state index is -0.562. The first-order chi connectivity index (χ1) is 15.2. The largest absolute Gasteiger partial charge is 0.455 e. The Bertz CT molecular complexity index is 1020. The Balaban J connectivity index is 1.54. The fraction of sp³-hybridized carbons (Fsp3) is 0.435. The third kappa shape index (κ3) is 5.32. The third-order valence-electron chi connectivity index (χ3n) is 5.25. The van der Waals surface area contributed by atoms with Crippen LogP contribution in [0, 0.1) is 22.7 Å². The number of likely N-dealkylation sites (tertiary alicyclic amines) is 1. The van der Waals surface area contributed by atoms with Crippen molar-refractivity contribution in [2.45, 2.75) is 33.6 Å². The maximum absolute atomic E-state index is 12.4. The summed E-state index contributed by atoms with van der Waals surface area (Å²) in [5.74, 6) is -1.09. The van der Waals surface area contributed by atoms with E-state index in [2.05, 4.69) is 10.4 Å². The summed E-state index contributed by atoms with van der Waals surface area (Å²) in [5.41, 5.74) is 0.419. The van der Waals surface area contributed by atoms with Gasteiger partial charge < -0.3 is 15.0 Å². The number of piperidine rings is 1. The molecule has 1 fully saturated rings. The van der Waals surface area contributed by atoms with E-state index in [1.54, 1.807) is 17.0 Å². The number of benzene rings is 1. The van der Waals surface area contributed by atoms with E-state index in [1.807, 2.05) is 45.0 Å². The summed E-state index contributed by atoms with van der Waals surface area (Å²) in [6.45, 7) is 6.12. The van der Waals surface area contributed by atoms with E-state index in [1.165, 1.54) is 10.9 Å². The van der Waals surface area contributed by atoms with Crippen molar-refractivity contribution in [1.29, 1.82) is 5.26 Å². The number of nitriles is 1. The number of anilines is 1. The zero-order valence-corrected chi connectivity index (χ0v) is 18.5. The fourth-order valence-corrected chi connectivity index (χ4v) is 3.53. The molecule has 0 unspecified atom stereocenters. The number of nitrogens with zero attached hydrogens (tertiary/aromatic N) is 4. The van der Waals surface area contributed by atoms with Crippen molar-refractivity contribution in [3.63, 3.8) is 0 Å². The first kappa shape index (κ1) is 23.0. The van der Waals surface area contributed by atoms with E-state index in [4.69, 9.17) is 4.74 Å². The van der Waals surface area contributed by atoms with Crippen LogP contribution in [0.3, 0.4) is 0 Å². The van der Waals surface area contributed by atoms with E-state index < -0.39 is 23.9 Å². The highest BCUT2D eigenvalue weighted by molar-refractivity contribution is 5.93. The summed E-state index contributed by atoms with van der Waals surface area (Å²) in [5, 5.41) is 16.1. The number of nitrogens with one attached hydrogen (secondary N) is 1. The van der Waals surface area contributed by atoms with E-state index in [0.29, 0.717) is 31.6 Å². The van der Waals surface area contributed by atoms with Crippen LogP contribution in [0.1, 0.15) is 39.2 Å². The molecule has 0 bridgehead atoms. The van der Waals surface area contributed by atoms with Crippen LogP contribution in [-0.4, -0.2) is 52.2 Å². The number of ether oxygens (including phenoxy) is 1. The molecule has 32 heavy (non-hydrogen) atoms. The Morgan fingerprint density at radius 3 is 2.44 bits per heavy atom. The molecule has 1 aliphatic heterocycles. The van der Waals surface area contributed by atoms with Gasteiger partial charge in [0, 0.05) is 18.5 Å². The maximum Gasteiger partial charge on any atom is 0.309 e. The van der Waals surface area contributed by atoms with Crippen molar-refractivity contribution < 1.29 is 19.1 Å². The SMILES string of the molecule is CC(C)(C)C(=O)N1CCC(C(=O)OCC(=O)Nc2c(C#N)cnn2-c2ccccc2)CC1. The summed E-state index contributed by atoms with van der Waals surface area (Å²) in [6, 6.07) is 11.1. The Kier molecular flexibility index (Phi) is 6.93. The molecule has 9 heteroatoms. The van der Waals surface area contributed by atoms with Crippen LogP contribution in [0.25, 0.3) is 5.69 Å². The average Bonchev–Trinajstić information content (AvgIpc) is 3.19. The van der Waals surface area contributed by atoms with E-state index in [-0.39, 0.29) is 23.2 Å². The highest BCUT2D eigenvalue weighted by Crippen LogP contribution is 2.24. The van der Waals surface area contributed by atoms with Gasteiger partial charge in [-0.1, -0.05) is 39.0 Å². The number of hydrogen-bond acceptors (Lipinski definition) is 6. The molecule has 9 nitrogen and oxygen atoms in total. The van der Waals surface area contributed by atoms with Gasteiger partial charge in [-0.15, -0.1) is 0 Å². The minimum absolute atomic E-state index is 0.0621. The van der Waals surface area contributed by atoms with Crippen molar-refractivity contribution in [1.82, 2.24) is 14.7 Å². The Hall–Kier alpha value is -3.67.